The first-order chi connectivity index (χ1) is 7.47. The van der Waals surface area contributed by atoms with Crippen molar-refractivity contribution in [1.82, 2.24) is 4.72 Å². The smallest absolute Gasteiger partial charge is 0.211 e. The van der Waals surface area contributed by atoms with Gasteiger partial charge in [-0.3, -0.25) is 0 Å². The molecule has 0 bridgehead atoms. The van der Waals surface area contributed by atoms with Crippen LogP contribution in [0.2, 0.25) is 8.67 Å². The Balaban J connectivity index is 2.67. The predicted octanol–water partition coefficient (Wildman–Crippen LogP) is 3.51. The van der Waals surface area contributed by atoms with Crippen LogP contribution in [0.5, 0.6) is 0 Å². The van der Waals surface area contributed by atoms with Gasteiger partial charge in [0.1, 0.15) is 9.23 Å². The molecule has 1 rings (SSSR count). The maximum absolute atomic E-state index is 11.8. The highest BCUT2D eigenvalue weighted by Crippen LogP contribution is 2.33. The zero-order chi connectivity index (χ0) is 12.2. The summed E-state index contributed by atoms with van der Waals surface area (Å²) in [6.07, 6.45) is 1.70. The van der Waals surface area contributed by atoms with E-state index in [2.05, 4.69) is 20.7 Å². The lowest BCUT2D eigenvalue weighted by atomic mass is 10.3. The molecule has 1 N–H and O–H groups in total. The van der Waals surface area contributed by atoms with Crippen molar-refractivity contribution in [2.24, 2.45) is 0 Å². The highest BCUT2D eigenvalue weighted by molar-refractivity contribution is 9.09. The number of hydrogen-bond donors (Lipinski definition) is 1. The zero-order valence-corrected chi connectivity index (χ0v) is 12.9. The normalized spacial score (nSPS) is 11.9. The van der Waals surface area contributed by atoms with E-state index in [9.17, 15) is 8.42 Å². The zero-order valence-electron chi connectivity index (χ0n) is 8.17. The van der Waals surface area contributed by atoms with Gasteiger partial charge in [0.2, 0.25) is 10.0 Å². The molecule has 0 spiro atoms. The molecular weight excluding hydrogens is 357 g/mol. The number of hydrogen-bond acceptors (Lipinski definition) is 3. The second kappa shape index (κ2) is 6.56. The Labute approximate surface area is 117 Å². The number of halogens is 3. The second-order valence-corrected chi connectivity index (χ2v) is 7.80. The molecule has 0 aliphatic heterocycles. The third kappa shape index (κ3) is 4.16. The number of alkyl halides is 1. The lowest BCUT2D eigenvalue weighted by Crippen LogP contribution is -2.24. The lowest BCUT2D eigenvalue weighted by molar-refractivity contribution is 0.579. The van der Waals surface area contributed by atoms with Crippen molar-refractivity contribution in [1.29, 1.82) is 0 Å². The largest absolute Gasteiger partial charge is 0.242 e. The van der Waals surface area contributed by atoms with Crippen LogP contribution in [-0.4, -0.2) is 20.3 Å². The van der Waals surface area contributed by atoms with Crippen molar-refractivity contribution in [3.63, 3.8) is 0 Å². The van der Waals surface area contributed by atoms with E-state index in [4.69, 9.17) is 23.2 Å². The predicted molar refractivity (Wildman–Crippen MR) is 72.6 cm³/mol. The summed E-state index contributed by atoms with van der Waals surface area (Å²) >= 11 is 15.8. The van der Waals surface area contributed by atoms with Gasteiger partial charge in [-0.15, -0.1) is 11.3 Å². The average Bonchev–Trinajstić information content (AvgIpc) is 2.53. The van der Waals surface area contributed by atoms with Crippen LogP contribution >= 0.6 is 50.5 Å². The fourth-order valence-electron chi connectivity index (χ4n) is 1.01. The molecule has 0 saturated heterocycles. The van der Waals surface area contributed by atoms with Crippen LogP contribution in [0.15, 0.2) is 11.0 Å². The van der Waals surface area contributed by atoms with Gasteiger partial charge in [-0.25, -0.2) is 13.1 Å². The molecular formula is C8H10BrCl2NO2S2. The van der Waals surface area contributed by atoms with Crippen LogP contribution in [0.3, 0.4) is 0 Å². The third-order valence-electron chi connectivity index (χ3n) is 1.77. The molecule has 0 fully saturated rings. The maximum Gasteiger partial charge on any atom is 0.242 e. The summed E-state index contributed by atoms with van der Waals surface area (Å²) in [5.41, 5.74) is 0. The first-order valence-electron chi connectivity index (χ1n) is 4.48. The minimum absolute atomic E-state index is 0.0583. The molecule has 0 radical (unpaired) electrons. The van der Waals surface area contributed by atoms with Gasteiger partial charge < -0.3 is 0 Å². The van der Waals surface area contributed by atoms with Gasteiger partial charge in [0.25, 0.3) is 0 Å². The molecule has 0 atom stereocenters. The molecule has 1 heterocycles. The van der Waals surface area contributed by atoms with Crippen LogP contribution in [0.4, 0.5) is 0 Å². The van der Waals surface area contributed by atoms with E-state index >= 15 is 0 Å². The van der Waals surface area contributed by atoms with Gasteiger partial charge in [0.05, 0.1) is 4.34 Å². The molecule has 8 heteroatoms. The summed E-state index contributed by atoms with van der Waals surface area (Å²) in [7, 11) is -3.52. The van der Waals surface area contributed by atoms with Crippen molar-refractivity contribution < 1.29 is 8.42 Å². The van der Waals surface area contributed by atoms with E-state index in [1.807, 2.05) is 0 Å². The molecule has 0 saturated carbocycles. The summed E-state index contributed by atoms with van der Waals surface area (Å²) in [6, 6.07) is 1.36. The Bertz CT molecular complexity index is 447. The lowest BCUT2D eigenvalue weighted by Gasteiger charge is -2.04. The second-order valence-electron chi connectivity index (χ2n) is 2.98. The minimum atomic E-state index is -3.52. The summed E-state index contributed by atoms with van der Waals surface area (Å²) in [5, 5.41) is 0.861. The van der Waals surface area contributed by atoms with E-state index in [1.165, 1.54) is 6.07 Å². The van der Waals surface area contributed by atoms with Gasteiger partial charge in [-0.05, 0) is 18.9 Å². The number of sulfonamides is 1. The highest BCUT2D eigenvalue weighted by Gasteiger charge is 2.20. The van der Waals surface area contributed by atoms with E-state index < -0.39 is 10.0 Å². The van der Waals surface area contributed by atoms with Gasteiger partial charge in [0.15, 0.2) is 0 Å². The molecule has 16 heavy (non-hydrogen) atoms. The Hall–Kier alpha value is 0.670. The Morgan fingerprint density at radius 2 is 2.06 bits per heavy atom. The topological polar surface area (TPSA) is 46.2 Å². The molecule has 0 aliphatic carbocycles. The van der Waals surface area contributed by atoms with Crippen LogP contribution in [0, 0.1) is 0 Å². The molecule has 0 aliphatic rings. The third-order valence-corrected chi connectivity index (χ3v) is 5.54. The van der Waals surface area contributed by atoms with Gasteiger partial charge in [-0.1, -0.05) is 39.1 Å². The molecule has 1 aromatic rings. The molecule has 1 aromatic heterocycles. The molecule has 0 amide bonds. The fraction of sp³-hybridized carbons (Fsp3) is 0.500. The van der Waals surface area contributed by atoms with Crippen molar-refractivity contribution >= 4 is 60.5 Å². The quantitative estimate of drug-likeness (QED) is 0.618. The van der Waals surface area contributed by atoms with Crippen LogP contribution in [-0.2, 0) is 10.0 Å². The average molecular weight is 367 g/mol. The summed E-state index contributed by atoms with van der Waals surface area (Å²) in [6.45, 7) is 0.401. The van der Waals surface area contributed by atoms with Crippen LogP contribution in [0.1, 0.15) is 12.8 Å². The Kier molecular flexibility index (Phi) is 6.04. The van der Waals surface area contributed by atoms with Crippen molar-refractivity contribution in [2.75, 3.05) is 11.9 Å². The summed E-state index contributed by atoms with van der Waals surface area (Å²) < 4.78 is 26.6. The first-order valence-corrected chi connectivity index (χ1v) is 8.65. The summed E-state index contributed by atoms with van der Waals surface area (Å²) in [4.78, 5) is 0.0583. The van der Waals surface area contributed by atoms with E-state index in [1.54, 1.807) is 0 Å². The standard InChI is InChI=1S/C8H10BrCl2NO2S2/c9-3-1-2-4-12-16(13,14)6-5-7(10)15-8(6)11/h5,12H,1-4H2. The van der Waals surface area contributed by atoms with E-state index in [0.29, 0.717) is 10.9 Å². The number of unbranched alkanes of at least 4 members (excludes halogenated alkanes) is 1. The van der Waals surface area contributed by atoms with Crippen molar-refractivity contribution in [3.8, 4) is 0 Å². The minimum Gasteiger partial charge on any atom is -0.211 e. The van der Waals surface area contributed by atoms with Crippen molar-refractivity contribution in [3.05, 3.63) is 14.7 Å². The van der Waals surface area contributed by atoms with Gasteiger partial charge >= 0.3 is 0 Å². The highest BCUT2D eigenvalue weighted by atomic mass is 79.9. The summed E-state index contributed by atoms with van der Waals surface area (Å²) in [5.74, 6) is 0. The molecule has 0 aromatic carbocycles. The SMILES string of the molecule is O=S(=O)(NCCCCBr)c1cc(Cl)sc1Cl. The van der Waals surface area contributed by atoms with Gasteiger partial charge in [-0.2, -0.15) is 0 Å². The van der Waals surface area contributed by atoms with E-state index in [-0.39, 0.29) is 9.23 Å². The Morgan fingerprint density at radius 1 is 1.38 bits per heavy atom. The van der Waals surface area contributed by atoms with Gasteiger partial charge in [0, 0.05) is 11.9 Å². The fourth-order valence-corrected chi connectivity index (χ4v) is 4.63. The van der Waals surface area contributed by atoms with E-state index in [0.717, 1.165) is 29.5 Å². The van der Waals surface area contributed by atoms with Crippen LogP contribution in [0.25, 0.3) is 0 Å². The number of thiophene rings is 1. The molecule has 92 valence electrons. The molecule has 3 nitrogen and oxygen atoms in total. The first kappa shape index (κ1) is 14.7. The van der Waals surface area contributed by atoms with Crippen molar-refractivity contribution in [2.45, 2.75) is 17.7 Å². The number of rotatable bonds is 6. The molecule has 0 unspecified atom stereocenters. The number of nitrogens with one attached hydrogen (secondary N) is 1. The van der Waals surface area contributed by atoms with Crippen LogP contribution < -0.4 is 4.72 Å². The maximum atomic E-state index is 11.8. The Morgan fingerprint density at radius 3 is 2.56 bits per heavy atom. The monoisotopic (exact) mass is 365 g/mol.